The summed E-state index contributed by atoms with van der Waals surface area (Å²) >= 11 is 1.31. The Hall–Kier alpha value is -2.06. The lowest BCUT2D eigenvalue weighted by Gasteiger charge is -2.18. The maximum atomic E-state index is 12.1. The van der Waals surface area contributed by atoms with Crippen LogP contribution in [0.1, 0.15) is 6.42 Å². The fourth-order valence-electron chi connectivity index (χ4n) is 3.15. The molecule has 2 aromatic rings. The van der Waals surface area contributed by atoms with Crippen molar-refractivity contribution in [1.29, 1.82) is 0 Å². The molecule has 25 heavy (non-hydrogen) atoms. The Bertz CT molecular complexity index is 981. The van der Waals surface area contributed by atoms with Gasteiger partial charge in [-0.25, -0.2) is 13.4 Å². The Labute approximate surface area is 150 Å². The van der Waals surface area contributed by atoms with Crippen molar-refractivity contribution in [3.63, 3.8) is 0 Å². The summed E-state index contributed by atoms with van der Waals surface area (Å²) in [6.45, 7) is 0. The molecule has 2 N–H and O–H groups in total. The van der Waals surface area contributed by atoms with Gasteiger partial charge in [-0.1, -0.05) is 36.0 Å². The third kappa shape index (κ3) is 3.50. The van der Waals surface area contributed by atoms with E-state index in [1.165, 1.54) is 11.8 Å². The number of carbonyl (C=O) groups is 1. The first-order valence-corrected chi connectivity index (χ1v) is 10.8. The van der Waals surface area contributed by atoms with Crippen LogP contribution >= 0.6 is 11.8 Å². The van der Waals surface area contributed by atoms with E-state index in [9.17, 15) is 13.2 Å². The summed E-state index contributed by atoms with van der Waals surface area (Å²) < 4.78 is 22.9. The highest BCUT2D eigenvalue weighted by Crippen LogP contribution is 2.36. The van der Waals surface area contributed by atoms with Gasteiger partial charge in [-0.15, -0.1) is 0 Å². The van der Waals surface area contributed by atoms with Gasteiger partial charge in [0.25, 0.3) is 0 Å². The van der Waals surface area contributed by atoms with Crippen molar-refractivity contribution in [2.45, 2.75) is 12.5 Å². The predicted octanol–water partition coefficient (Wildman–Crippen LogP) is 2.29. The van der Waals surface area contributed by atoms with E-state index in [0.29, 0.717) is 11.6 Å². The number of benzene rings is 2. The number of nitrogens with zero attached hydrogens (tertiary/aromatic N) is 1. The van der Waals surface area contributed by atoms with E-state index >= 15 is 0 Å². The number of amides is 1. The van der Waals surface area contributed by atoms with Crippen molar-refractivity contribution in [3.05, 3.63) is 36.4 Å². The second kappa shape index (κ2) is 6.34. The summed E-state index contributed by atoms with van der Waals surface area (Å²) in [5.41, 5.74) is 1.87. The van der Waals surface area contributed by atoms with E-state index in [4.69, 9.17) is 0 Å². The zero-order valence-corrected chi connectivity index (χ0v) is 15.0. The highest BCUT2D eigenvalue weighted by Gasteiger charge is 2.29. The van der Waals surface area contributed by atoms with E-state index < -0.39 is 9.84 Å². The molecule has 0 aromatic heterocycles. The van der Waals surface area contributed by atoms with Crippen LogP contribution in [0.15, 0.2) is 41.4 Å². The number of hydrogen-bond acceptors (Lipinski definition) is 6. The lowest BCUT2D eigenvalue weighted by Crippen LogP contribution is -2.37. The molecule has 0 aliphatic carbocycles. The normalized spacial score (nSPS) is 20.8. The first kappa shape index (κ1) is 16.4. The third-order valence-electron chi connectivity index (χ3n) is 4.28. The fourth-order valence-corrected chi connectivity index (χ4v) is 5.52. The molecule has 1 atom stereocenters. The molecule has 0 unspecified atom stereocenters. The topological polar surface area (TPSA) is 87.6 Å². The van der Waals surface area contributed by atoms with E-state index in [1.54, 1.807) is 0 Å². The fraction of sp³-hybridized carbons (Fsp3) is 0.294. The minimum absolute atomic E-state index is 0.0397. The molecular formula is C17H17N3O3S2. The second-order valence-electron chi connectivity index (χ2n) is 6.18. The van der Waals surface area contributed by atoms with Crippen LogP contribution in [0.5, 0.6) is 0 Å². The molecule has 6 nitrogen and oxygen atoms in total. The molecule has 0 spiro atoms. The van der Waals surface area contributed by atoms with E-state index in [0.717, 1.165) is 22.1 Å². The van der Waals surface area contributed by atoms with Crippen LogP contribution in [-0.4, -0.2) is 42.8 Å². The van der Waals surface area contributed by atoms with E-state index in [2.05, 4.69) is 15.6 Å². The molecule has 2 aliphatic rings. The van der Waals surface area contributed by atoms with Gasteiger partial charge in [-0.3, -0.25) is 4.79 Å². The quantitative estimate of drug-likeness (QED) is 0.859. The van der Waals surface area contributed by atoms with Crippen LogP contribution in [0, 0.1) is 0 Å². The molecule has 0 radical (unpaired) electrons. The average Bonchev–Trinajstić information content (AvgIpc) is 2.92. The standard InChI is InChI=1S/C17H17N3O3S2/c21-15(18-12-7-8-25(22,23)10-12)9-24-17-19-13-5-1-3-11-4-2-6-14(20-17)16(11)13/h1-6,12H,7-10H2,(H,18,21)(H,19,20)/t12-/m1/s1. The molecule has 2 aromatic carbocycles. The number of aliphatic imine (C=N–C) groups is 1. The molecule has 4 rings (SSSR count). The molecule has 2 aliphatic heterocycles. The van der Waals surface area contributed by atoms with Gasteiger partial charge in [-0.2, -0.15) is 0 Å². The molecule has 1 fully saturated rings. The van der Waals surface area contributed by atoms with Crippen LogP contribution in [-0.2, 0) is 14.6 Å². The lowest BCUT2D eigenvalue weighted by atomic mass is 10.1. The Morgan fingerprint density at radius 1 is 1.28 bits per heavy atom. The minimum Gasteiger partial charge on any atom is -0.352 e. The summed E-state index contributed by atoms with van der Waals surface area (Å²) in [6, 6.07) is 11.7. The lowest BCUT2D eigenvalue weighted by molar-refractivity contribution is -0.119. The number of sulfone groups is 1. The number of hydrogen-bond donors (Lipinski definition) is 2. The maximum Gasteiger partial charge on any atom is 0.230 e. The van der Waals surface area contributed by atoms with Crippen molar-refractivity contribution in [1.82, 2.24) is 5.32 Å². The van der Waals surface area contributed by atoms with Crippen molar-refractivity contribution >= 4 is 54.8 Å². The average molecular weight is 375 g/mol. The number of thioether (sulfide) groups is 1. The van der Waals surface area contributed by atoms with Crippen molar-refractivity contribution in [3.8, 4) is 0 Å². The van der Waals surface area contributed by atoms with Gasteiger partial charge in [0, 0.05) is 11.4 Å². The smallest absolute Gasteiger partial charge is 0.230 e. The molecule has 130 valence electrons. The number of amidine groups is 1. The van der Waals surface area contributed by atoms with E-state index in [-0.39, 0.29) is 29.2 Å². The third-order valence-corrected chi connectivity index (χ3v) is 6.93. The van der Waals surface area contributed by atoms with Gasteiger partial charge in [0.15, 0.2) is 15.0 Å². The van der Waals surface area contributed by atoms with Crippen LogP contribution in [0.4, 0.5) is 11.4 Å². The van der Waals surface area contributed by atoms with Gasteiger partial charge in [0.1, 0.15) is 0 Å². The molecule has 0 bridgehead atoms. The first-order chi connectivity index (χ1) is 12.0. The Kier molecular flexibility index (Phi) is 4.16. The van der Waals surface area contributed by atoms with Gasteiger partial charge in [-0.05, 0) is 23.9 Å². The van der Waals surface area contributed by atoms with Crippen molar-refractivity contribution < 1.29 is 13.2 Å². The molecule has 1 saturated heterocycles. The van der Waals surface area contributed by atoms with Crippen LogP contribution < -0.4 is 10.6 Å². The van der Waals surface area contributed by atoms with Gasteiger partial charge in [0.2, 0.25) is 5.91 Å². The van der Waals surface area contributed by atoms with Crippen molar-refractivity contribution in [2.75, 3.05) is 22.6 Å². The molecule has 0 saturated carbocycles. The summed E-state index contributed by atoms with van der Waals surface area (Å²) in [5.74, 6) is 0.215. The zero-order valence-electron chi connectivity index (χ0n) is 13.4. The highest BCUT2D eigenvalue weighted by atomic mass is 32.2. The summed E-state index contributed by atoms with van der Waals surface area (Å²) in [5, 5.41) is 8.92. The Morgan fingerprint density at radius 2 is 2.08 bits per heavy atom. The number of carbonyl (C=O) groups excluding carboxylic acids is 1. The number of anilines is 1. The molecule has 2 heterocycles. The van der Waals surface area contributed by atoms with Gasteiger partial charge >= 0.3 is 0 Å². The Balaban J connectivity index is 1.41. The van der Waals surface area contributed by atoms with Crippen molar-refractivity contribution in [2.24, 2.45) is 4.99 Å². The second-order valence-corrected chi connectivity index (χ2v) is 9.37. The Morgan fingerprint density at radius 3 is 2.84 bits per heavy atom. The monoisotopic (exact) mass is 375 g/mol. The summed E-state index contributed by atoms with van der Waals surface area (Å²) in [4.78, 5) is 16.7. The van der Waals surface area contributed by atoms with E-state index in [1.807, 2.05) is 36.4 Å². The minimum atomic E-state index is -2.99. The van der Waals surface area contributed by atoms with Crippen LogP contribution in [0.2, 0.25) is 0 Å². The SMILES string of the molecule is O=C(CSC1=Nc2cccc3cccc(c23)N1)N[C@@H]1CCS(=O)(=O)C1. The highest BCUT2D eigenvalue weighted by molar-refractivity contribution is 8.14. The van der Waals surface area contributed by atoms with Gasteiger partial charge in [0.05, 0.1) is 28.6 Å². The summed E-state index contributed by atoms with van der Waals surface area (Å²) in [7, 11) is -2.99. The summed E-state index contributed by atoms with van der Waals surface area (Å²) in [6.07, 6.45) is 0.493. The molecule has 1 amide bonds. The number of rotatable bonds is 3. The molecular weight excluding hydrogens is 358 g/mol. The van der Waals surface area contributed by atoms with Crippen LogP contribution in [0.25, 0.3) is 10.8 Å². The van der Waals surface area contributed by atoms with Gasteiger partial charge < -0.3 is 10.6 Å². The molecule has 8 heteroatoms. The maximum absolute atomic E-state index is 12.1. The van der Waals surface area contributed by atoms with Crippen LogP contribution in [0.3, 0.4) is 0 Å². The largest absolute Gasteiger partial charge is 0.352 e. The number of nitrogens with one attached hydrogen (secondary N) is 2. The zero-order chi connectivity index (χ0) is 17.4. The first-order valence-electron chi connectivity index (χ1n) is 8.00. The predicted molar refractivity (Wildman–Crippen MR) is 102 cm³/mol.